The molecule has 4 rings (SSSR count). The molecule has 10 nitrogen and oxygen atoms in total. The highest BCUT2D eigenvalue weighted by atomic mass is 79.9. The first-order valence-electron chi connectivity index (χ1n) is 12.8. The standard InChI is InChI=1S/C26H36BrN5O5/c1-14(31(5)25(36)37-26(2,3)4)23(34)29-19-11-10-16(33)13-15-9-12-20(32(15)24(19)35)22-28-18-8-6-7-17(27)21(18)30-22/h6-8,14-16,19-20,33H,9-13H2,1-5H3,(H,28,30)(H,29,34)/t14-,15+,16-,19-,20-/m0/s1. The molecule has 0 saturated carbocycles. The van der Waals surface area contributed by atoms with E-state index >= 15 is 0 Å². The fourth-order valence-corrected chi connectivity index (χ4v) is 5.53. The quantitative estimate of drug-likeness (QED) is 0.509. The van der Waals surface area contributed by atoms with Gasteiger partial charge in [0.25, 0.3) is 0 Å². The number of rotatable bonds is 4. The molecule has 1 aromatic carbocycles. The van der Waals surface area contributed by atoms with Crippen LogP contribution in [0.15, 0.2) is 22.7 Å². The second-order valence-electron chi connectivity index (χ2n) is 11.0. The number of aromatic amines is 1. The number of ether oxygens (including phenoxy) is 1. The predicted octanol–water partition coefficient (Wildman–Crippen LogP) is 3.64. The predicted molar refractivity (Wildman–Crippen MR) is 142 cm³/mol. The van der Waals surface area contributed by atoms with Gasteiger partial charge in [0.1, 0.15) is 29.0 Å². The second-order valence-corrected chi connectivity index (χ2v) is 11.9. The van der Waals surface area contributed by atoms with E-state index in [1.165, 1.54) is 11.9 Å². The molecule has 2 fully saturated rings. The molecule has 37 heavy (non-hydrogen) atoms. The van der Waals surface area contributed by atoms with E-state index < -0.39 is 35.8 Å². The van der Waals surface area contributed by atoms with Crippen LogP contribution in [0, 0.1) is 0 Å². The van der Waals surface area contributed by atoms with Crippen molar-refractivity contribution in [3.8, 4) is 0 Å². The second kappa shape index (κ2) is 10.6. The average molecular weight is 579 g/mol. The zero-order chi connectivity index (χ0) is 27.1. The number of aliphatic hydroxyl groups is 1. The smallest absolute Gasteiger partial charge is 0.410 e. The van der Waals surface area contributed by atoms with Gasteiger partial charge in [-0.3, -0.25) is 14.5 Å². The SMILES string of the molecule is C[C@@H](C(=O)N[C@H]1CC[C@H](O)C[C@H]2CC[C@@H](c3nc4c(Br)cccc4[nH]3)N2C1=O)N(C)C(=O)OC(C)(C)C. The number of amides is 3. The summed E-state index contributed by atoms with van der Waals surface area (Å²) in [5.74, 6) is 0.0389. The lowest BCUT2D eigenvalue weighted by atomic mass is 9.96. The van der Waals surface area contributed by atoms with Gasteiger partial charge < -0.3 is 25.0 Å². The lowest BCUT2D eigenvalue weighted by Crippen LogP contribution is -2.56. The summed E-state index contributed by atoms with van der Waals surface area (Å²) in [5, 5.41) is 13.5. The summed E-state index contributed by atoms with van der Waals surface area (Å²) in [5.41, 5.74) is 0.972. The normalized spacial score (nSPS) is 25.3. The van der Waals surface area contributed by atoms with Crippen molar-refractivity contribution in [2.24, 2.45) is 0 Å². The Balaban J connectivity index is 1.54. The first-order chi connectivity index (χ1) is 17.4. The van der Waals surface area contributed by atoms with Gasteiger partial charge in [-0.2, -0.15) is 0 Å². The maximum atomic E-state index is 13.9. The van der Waals surface area contributed by atoms with Gasteiger partial charge in [0.05, 0.1) is 17.7 Å². The van der Waals surface area contributed by atoms with Crippen molar-refractivity contribution in [2.75, 3.05) is 7.05 Å². The molecule has 11 heteroatoms. The number of benzene rings is 1. The van der Waals surface area contributed by atoms with E-state index in [1.807, 2.05) is 18.2 Å². The highest BCUT2D eigenvalue weighted by Gasteiger charge is 2.44. The van der Waals surface area contributed by atoms with Gasteiger partial charge in [0, 0.05) is 17.6 Å². The van der Waals surface area contributed by atoms with Crippen molar-refractivity contribution in [1.82, 2.24) is 25.1 Å². The van der Waals surface area contributed by atoms with Crippen LogP contribution in [-0.2, 0) is 14.3 Å². The Hall–Kier alpha value is -2.66. The van der Waals surface area contributed by atoms with E-state index in [0.29, 0.717) is 31.5 Å². The number of hydrogen-bond acceptors (Lipinski definition) is 6. The van der Waals surface area contributed by atoms with E-state index in [9.17, 15) is 19.5 Å². The third-order valence-corrected chi connectivity index (χ3v) is 7.78. The first-order valence-corrected chi connectivity index (χ1v) is 13.6. The minimum atomic E-state index is -0.851. The van der Waals surface area contributed by atoms with Crippen LogP contribution in [0.2, 0.25) is 0 Å². The molecular formula is C26H36BrN5O5. The van der Waals surface area contributed by atoms with Gasteiger partial charge in [0.2, 0.25) is 11.8 Å². The summed E-state index contributed by atoms with van der Waals surface area (Å²) in [4.78, 5) is 50.6. The van der Waals surface area contributed by atoms with Crippen molar-refractivity contribution in [3.05, 3.63) is 28.5 Å². The van der Waals surface area contributed by atoms with Crippen molar-refractivity contribution < 1.29 is 24.2 Å². The lowest BCUT2D eigenvalue weighted by molar-refractivity contribution is -0.142. The number of H-pyrrole nitrogens is 1. The zero-order valence-corrected chi connectivity index (χ0v) is 23.5. The molecule has 0 bridgehead atoms. The maximum Gasteiger partial charge on any atom is 0.410 e. The summed E-state index contributed by atoms with van der Waals surface area (Å²) in [6, 6.07) is 3.67. The first kappa shape index (κ1) is 27.4. The zero-order valence-electron chi connectivity index (χ0n) is 22.0. The van der Waals surface area contributed by atoms with Crippen LogP contribution in [0.1, 0.15) is 71.7 Å². The molecule has 1 aromatic heterocycles. The molecule has 3 amide bonds. The molecule has 0 aliphatic carbocycles. The van der Waals surface area contributed by atoms with Gasteiger partial charge in [-0.05, 0) is 87.9 Å². The van der Waals surface area contributed by atoms with Crippen LogP contribution in [0.25, 0.3) is 11.0 Å². The van der Waals surface area contributed by atoms with E-state index in [2.05, 4.69) is 26.2 Å². The van der Waals surface area contributed by atoms with E-state index in [0.717, 1.165) is 21.9 Å². The van der Waals surface area contributed by atoms with Crippen LogP contribution in [0.3, 0.4) is 0 Å². The fraction of sp³-hybridized carbons (Fsp3) is 0.615. The summed E-state index contributed by atoms with van der Waals surface area (Å²) in [7, 11) is 1.49. The minimum Gasteiger partial charge on any atom is -0.444 e. The highest BCUT2D eigenvalue weighted by Crippen LogP contribution is 2.40. The van der Waals surface area contributed by atoms with E-state index in [4.69, 9.17) is 9.72 Å². The van der Waals surface area contributed by atoms with Crippen molar-refractivity contribution in [3.63, 3.8) is 0 Å². The Bertz CT molecular complexity index is 1180. The Morgan fingerprint density at radius 3 is 2.68 bits per heavy atom. The minimum absolute atomic E-state index is 0.147. The molecule has 202 valence electrons. The molecule has 2 aliphatic heterocycles. The number of aromatic nitrogens is 2. The number of halogens is 1. The number of carbonyl (C=O) groups is 3. The highest BCUT2D eigenvalue weighted by molar-refractivity contribution is 9.10. The van der Waals surface area contributed by atoms with Crippen molar-refractivity contribution in [1.29, 1.82) is 0 Å². The number of imidazole rings is 1. The van der Waals surface area contributed by atoms with Gasteiger partial charge in [-0.15, -0.1) is 0 Å². The third-order valence-electron chi connectivity index (χ3n) is 7.14. The number of fused-ring (bicyclic) bond motifs is 2. The summed E-state index contributed by atoms with van der Waals surface area (Å²) in [6.07, 6.45) is 1.44. The van der Waals surface area contributed by atoms with Gasteiger partial charge >= 0.3 is 6.09 Å². The number of carbonyl (C=O) groups excluding carboxylic acids is 3. The molecule has 0 radical (unpaired) electrons. The van der Waals surface area contributed by atoms with Crippen molar-refractivity contribution >= 4 is 44.9 Å². The molecule has 3 heterocycles. The Morgan fingerprint density at radius 1 is 1.27 bits per heavy atom. The topological polar surface area (TPSA) is 128 Å². The Kier molecular flexibility index (Phi) is 7.85. The van der Waals surface area contributed by atoms with Crippen LogP contribution in [0.5, 0.6) is 0 Å². The molecular weight excluding hydrogens is 542 g/mol. The van der Waals surface area contributed by atoms with Crippen molar-refractivity contribution in [2.45, 2.75) is 95.7 Å². The Morgan fingerprint density at radius 2 is 2.00 bits per heavy atom. The van der Waals surface area contributed by atoms with Crippen LogP contribution in [-0.4, -0.2) is 79.7 Å². The maximum absolute atomic E-state index is 13.9. The molecule has 5 atom stereocenters. The third kappa shape index (κ3) is 5.93. The molecule has 2 aliphatic rings. The van der Waals surface area contributed by atoms with E-state index in [1.54, 1.807) is 32.6 Å². The summed E-state index contributed by atoms with van der Waals surface area (Å²) >= 11 is 3.54. The van der Waals surface area contributed by atoms with Gasteiger partial charge in [-0.1, -0.05) is 6.07 Å². The van der Waals surface area contributed by atoms with Crippen LogP contribution >= 0.6 is 15.9 Å². The molecule has 3 N–H and O–H groups in total. The Labute approximate surface area is 225 Å². The summed E-state index contributed by atoms with van der Waals surface area (Å²) < 4.78 is 6.24. The number of para-hydroxylation sites is 1. The van der Waals surface area contributed by atoms with Crippen LogP contribution in [0.4, 0.5) is 4.79 Å². The van der Waals surface area contributed by atoms with Crippen LogP contribution < -0.4 is 5.32 Å². The monoisotopic (exact) mass is 577 g/mol. The van der Waals surface area contributed by atoms with Gasteiger partial charge in [0.15, 0.2) is 0 Å². The molecule has 2 saturated heterocycles. The largest absolute Gasteiger partial charge is 0.444 e. The fourth-order valence-electron chi connectivity index (χ4n) is 5.08. The molecule has 0 unspecified atom stereocenters. The van der Waals surface area contributed by atoms with E-state index in [-0.39, 0.29) is 18.0 Å². The number of aliphatic hydroxyl groups excluding tert-OH is 1. The number of nitrogens with zero attached hydrogens (tertiary/aromatic N) is 3. The molecule has 2 aromatic rings. The number of hydrogen-bond donors (Lipinski definition) is 3. The summed E-state index contributed by atoms with van der Waals surface area (Å²) in [6.45, 7) is 6.86. The number of likely N-dealkylation sites (N-methyl/N-ethyl adjacent to an activating group) is 1. The average Bonchev–Trinajstić information content (AvgIpc) is 3.43. The lowest BCUT2D eigenvalue weighted by Gasteiger charge is -2.37. The molecule has 0 spiro atoms. The number of nitrogens with one attached hydrogen (secondary N) is 2. The van der Waals surface area contributed by atoms with Gasteiger partial charge in [-0.25, -0.2) is 9.78 Å².